The Kier molecular flexibility index (Phi) is 15.5. The van der Waals surface area contributed by atoms with E-state index in [9.17, 15) is 31.1 Å². The molecule has 0 saturated carbocycles. The molecule has 3 rings (SSSR count). The van der Waals surface area contributed by atoms with Crippen molar-refractivity contribution in [2.75, 3.05) is 32.1 Å². The lowest BCUT2D eigenvalue weighted by atomic mass is 10.0. The summed E-state index contributed by atoms with van der Waals surface area (Å²) in [4.78, 5) is 34.9. The van der Waals surface area contributed by atoms with Gasteiger partial charge in [-0.1, -0.05) is 18.6 Å². The molecule has 43 heavy (non-hydrogen) atoms. The second-order valence-electron chi connectivity index (χ2n) is 9.20. The average molecular weight is 628 g/mol. The predicted molar refractivity (Wildman–Crippen MR) is 144 cm³/mol. The topological polar surface area (TPSA) is 155 Å². The molecular weight excluding hydrogens is 592 g/mol. The second-order valence-corrected chi connectivity index (χ2v) is 9.20. The summed E-state index contributed by atoms with van der Waals surface area (Å²) >= 11 is 0. The van der Waals surface area contributed by atoms with Crippen molar-refractivity contribution in [2.24, 2.45) is 0 Å². The number of aromatic nitrogens is 2. The summed E-state index contributed by atoms with van der Waals surface area (Å²) < 4.78 is 70.4. The molecule has 5 N–H and O–H groups in total. The van der Waals surface area contributed by atoms with Gasteiger partial charge in [0.05, 0.1) is 7.11 Å². The van der Waals surface area contributed by atoms with Gasteiger partial charge in [0.2, 0.25) is 0 Å². The van der Waals surface area contributed by atoms with Crippen LogP contribution < -0.4 is 26.2 Å². The summed E-state index contributed by atoms with van der Waals surface area (Å²) in [7, 11) is 1.66. The SMILES string of the molecule is COc1ccc(CNCCn2c(C)cnc(NCCC3CCCCN3)c2=O)cc1.O=C(O)C(F)(F)F.O=C(O)C(F)(F)F. The molecule has 1 fully saturated rings. The molecule has 0 amide bonds. The van der Waals surface area contributed by atoms with E-state index >= 15 is 0 Å². The normalized spacial score (nSPS) is 14.8. The van der Waals surface area contributed by atoms with Crippen LogP contribution in [0.3, 0.4) is 0 Å². The number of methoxy groups -OCH3 is 1. The van der Waals surface area contributed by atoms with Crippen molar-refractivity contribution in [1.29, 1.82) is 0 Å². The zero-order valence-corrected chi connectivity index (χ0v) is 23.5. The second kappa shape index (κ2) is 17.9. The number of halogens is 6. The molecule has 0 aliphatic carbocycles. The first-order chi connectivity index (χ1) is 20.1. The molecule has 1 atom stereocenters. The molecule has 1 aliphatic heterocycles. The number of hydrogen-bond acceptors (Lipinski definition) is 8. The Bertz CT molecular complexity index is 1170. The molecule has 1 aliphatic rings. The van der Waals surface area contributed by atoms with Crippen LogP contribution in [0.1, 0.15) is 36.9 Å². The molecule has 1 aromatic carbocycles. The molecule has 1 saturated heterocycles. The Hall–Kier alpha value is -3.86. The van der Waals surface area contributed by atoms with Crippen molar-refractivity contribution >= 4 is 17.8 Å². The largest absolute Gasteiger partial charge is 0.497 e. The van der Waals surface area contributed by atoms with Gasteiger partial charge in [-0.2, -0.15) is 26.3 Å². The van der Waals surface area contributed by atoms with Crippen molar-refractivity contribution in [2.45, 2.75) is 64.1 Å². The molecule has 1 aromatic heterocycles. The van der Waals surface area contributed by atoms with E-state index in [-0.39, 0.29) is 5.56 Å². The Morgan fingerprint density at radius 1 is 1.05 bits per heavy atom. The maximum absolute atomic E-state index is 12.8. The lowest BCUT2D eigenvalue weighted by molar-refractivity contribution is -0.193. The van der Waals surface area contributed by atoms with Crippen LogP contribution in [-0.2, 0) is 22.7 Å². The Labute approximate surface area is 243 Å². The predicted octanol–water partition coefficient (Wildman–Crippen LogP) is 3.56. The first-order valence-corrected chi connectivity index (χ1v) is 13.0. The highest BCUT2D eigenvalue weighted by Crippen LogP contribution is 2.14. The van der Waals surface area contributed by atoms with Gasteiger partial charge in [-0.25, -0.2) is 14.6 Å². The average Bonchev–Trinajstić information content (AvgIpc) is 2.94. The third-order valence-electron chi connectivity index (χ3n) is 5.94. The van der Waals surface area contributed by atoms with Crippen LogP contribution in [0, 0.1) is 6.92 Å². The summed E-state index contributed by atoms with van der Waals surface area (Å²) in [6.07, 6.45) is -3.62. The van der Waals surface area contributed by atoms with Crippen LogP contribution in [0.2, 0.25) is 0 Å². The van der Waals surface area contributed by atoms with Gasteiger partial charge >= 0.3 is 24.3 Å². The van der Waals surface area contributed by atoms with Gasteiger partial charge in [-0.3, -0.25) is 4.79 Å². The van der Waals surface area contributed by atoms with Crippen LogP contribution in [0.15, 0.2) is 35.3 Å². The molecule has 0 radical (unpaired) electrons. The molecular formula is C26H35F6N5O6. The maximum Gasteiger partial charge on any atom is 0.490 e. The Morgan fingerprint density at radius 3 is 2.12 bits per heavy atom. The number of carboxylic acids is 2. The van der Waals surface area contributed by atoms with Gasteiger partial charge in [0.25, 0.3) is 5.56 Å². The van der Waals surface area contributed by atoms with Crippen LogP contribution in [0.25, 0.3) is 0 Å². The van der Waals surface area contributed by atoms with Gasteiger partial charge in [-0.05, 0) is 50.4 Å². The fourth-order valence-corrected chi connectivity index (χ4v) is 3.67. The Balaban J connectivity index is 0.000000548. The van der Waals surface area contributed by atoms with Gasteiger partial charge < -0.3 is 35.5 Å². The molecule has 242 valence electrons. The van der Waals surface area contributed by atoms with Crippen molar-refractivity contribution in [3.63, 3.8) is 0 Å². The molecule has 1 unspecified atom stereocenters. The lowest BCUT2D eigenvalue weighted by Crippen LogP contribution is -2.36. The van der Waals surface area contributed by atoms with E-state index in [1.54, 1.807) is 17.9 Å². The lowest BCUT2D eigenvalue weighted by Gasteiger charge is -2.23. The summed E-state index contributed by atoms with van der Waals surface area (Å²) in [5.74, 6) is -4.21. The highest BCUT2D eigenvalue weighted by atomic mass is 19.4. The van der Waals surface area contributed by atoms with Gasteiger partial charge in [0, 0.05) is 44.1 Å². The number of carbonyl (C=O) groups is 2. The van der Waals surface area contributed by atoms with Crippen molar-refractivity contribution in [3.05, 3.63) is 52.1 Å². The number of ether oxygens (including phenoxy) is 1. The minimum Gasteiger partial charge on any atom is -0.497 e. The van der Waals surface area contributed by atoms with Gasteiger partial charge in [0.15, 0.2) is 5.82 Å². The summed E-state index contributed by atoms with van der Waals surface area (Å²) in [5.41, 5.74) is 2.01. The number of aryl methyl sites for hydroxylation is 1. The van der Waals surface area contributed by atoms with Crippen molar-refractivity contribution in [1.82, 2.24) is 20.2 Å². The highest BCUT2D eigenvalue weighted by Gasteiger charge is 2.38. The van der Waals surface area contributed by atoms with Crippen LogP contribution in [-0.4, -0.2) is 76.8 Å². The van der Waals surface area contributed by atoms with Gasteiger partial charge in [0.1, 0.15) is 5.75 Å². The molecule has 0 spiro atoms. The standard InChI is InChI=1S/C22H33N5O2.2C2HF3O2/c1-17-15-26-21(25-12-10-19-5-3-4-11-24-19)22(28)27(17)14-13-23-16-18-6-8-20(29-2)9-7-18;2*3-2(4,5)1(6)7/h6-9,15,19,23-24H,3-5,10-14,16H2,1-2H3,(H,25,26);2*(H,6,7). The van der Waals surface area contributed by atoms with Crippen molar-refractivity contribution in [3.8, 4) is 5.75 Å². The number of nitrogens with one attached hydrogen (secondary N) is 3. The van der Waals surface area contributed by atoms with E-state index in [2.05, 4.69) is 20.9 Å². The van der Waals surface area contributed by atoms with E-state index < -0.39 is 24.3 Å². The van der Waals surface area contributed by atoms with E-state index in [4.69, 9.17) is 24.5 Å². The van der Waals surface area contributed by atoms with Crippen molar-refractivity contribution < 1.29 is 50.9 Å². The zero-order chi connectivity index (χ0) is 32.6. The van der Waals surface area contributed by atoms with E-state index in [1.807, 2.05) is 31.2 Å². The first-order valence-electron chi connectivity index (χ1n) is 13.0. The third-order valence-corrected chi connectivity index (χ3v) is 5.94. The quantitative estimate of drug-likeness (QED) is 0.195. The molecule has 0 bridgehead atoms. The van der Waals surface area contributed by atoms with Crippen LogP contribution >= 0.6 is 0 Å². The van der Waals surface area contributed by atoms with Crippen LogP contribution in [0.4, 0.5) is 32.2 Å². The fourth-order valence-electron chi connectivity index (χ4n) is 3.67. The number of piperidine rings is 1. The minimum absolute atomic E-state index is 0.0483. The number of rotatable bonds is 10. The monoisotopic (exact) mass is 627 g/mol. The first kappa shape index (κ1) is 37.2. The van der Waals surface area contributed by atoms with E-state index in [1.165, 1.54) is 24.8 Å². The molecule has 11 nitrogen and oxygen atoms in total. The van der Waals surface area contributed by atoms with E-state index in [0.29, 0.717) is 24.9 Å². The molecule has 2 heterocycles. The number of hydrogen-bond donors (Lipinski definition) is 5. The number of anilines is 1. The summed E-state index contributed by atoms with van der Waals surface area (Å²) in [6.45, 7) is 5.86. The third kappa shape index (κ3) is 14.7. The highest BCUT2D eigenvalue weighted by molar-refractivity contribution is 5.73. The fraction of sp³-hybridized carbons (Fsp3) is 0.538. The number of aliphatic carboxylic acids is 2. The summed E-state index contributed by atoms with van der Waals surface area (Å²) in [6, 6.07) is 8.54. The Morgan fingerprint density at radius 2 is 1.63 bits per heavy atom. The number of benzene rings is 1. The van der Waals surface area contributed by atoms with E-state index in [0.717, 1.165) is 37.5 Å². The number of nitrogens with zero attached hydrogens (tertiary/aromatic N) is 2. The zero-order valence-electron chi connectivity index (χ0n) is 23.5. The smallest absolute Gasteiger partial charge is 0.490 e. The molecule has 2 aromatic rings. The number of carboxylic acid groups (broad SMARTS) is 2. The van der Waals surface area contributed by atoms with Crippen LogP contribution in [0.5, 0.6) is 5.75 Å². The molecule has 17 heteroatoms. The maximum atomic E-state index is 12.8. The minimum atomic E-state index is -5.08. The summed E-state index contributed by atoms with van der Waals surface area (Å²) in [5, 5.41) is 24.4. The van der Waals surface area contributed by atoms with Gasteiger partial charge in [-0.15, -0.1) is 0 Å². The number of alkyl halides is 6.